The predicted molar refractivity (Wildman–Crippen MR) is 246 cm³/mol. The van der Waals surface area contributed by atoms with Crippen LogP contribution in [0.15, 0.2) is 102 Å². The lowest BCUT2D eigenvalue weighted by molar-refractivity contribution is 0.0493. The number of hydrogen-bond acceptors (Lipinski definition) is 8. The van der Waals surface area contributed by atoms with Gasteiger partial charge < -0.3 is 34.4 Å². The highest BCUT2D eigenvalue weighted by molar-refractivity contribution is 6.74. The van der Waals surface area contributed by atoms with Gasteiger partial charge in [0.1, 0.15) is 11.9 Å². The number of pyridine rings is 1. The van der Waals surface area contributed by atoms with Crippen LogP contribution in [0.1, 0.15) is 80.6 Å². The first-order valence-electron chi connectivity index (χ1n) is 21.5. The largest absolute Gasteiger partial charge is 0.506 e. The molecule has 12 heteroatoms. The van der Waals surface area contributed by atoms with E-state index in [9.17, 15) is 19.5 Å². The second-order valence-corrected chi connectivity index (χ2v) is 23.5. The van der Waals surface area contributed by atoms with Crippen molar-refractivity contribution in [2.75, 3.05) is 44.6 Å². The molecular weight excluding hydrogens is 783 g/mol. The van der Waals surface area contributed by atoms with E-state index in [1.54, 1.807) is 12.1 Å². The van der Waals surface area contributed by atoms with Crippen LogP contribution in [-0.4, -0.2) is 85.6 Å². The predicted octanol–water partition coefficient (Wildman–Crippen LogP) is 9.20. The Bertz CT molecular complexity index is 2420. The molecular formula is C49H61N5O6Si. The van der Waals surface area contributed by atoms with Crippen LogP contribution in [-0.2, 0) is 21.1 Å². The lowest BCUT2D eigenvalue weighted by Crippen LogP contribution is -2.50. The van der Waals surface area contributed by atoms with Gasteiger partial charge in [0.15, 0.2) is 8.32 Å². The molecule has 2 aliphatic rings. The minimum absolute atomic E-state index is 0.0238. The maximum absolute atomic E-state index is 13.9. The molecule has 0 saturated carbocycles. The van der Waals surface area contributed by atoms with Gasteiger partial charge >= 0.3 is 6.09 Å². The van der Waals surface area contributed by atoms with E-state index in [2.05, 4.69) is 74.3 Å². The molecule has 2 amide bonds. The van der Waals surface area contributed by atoms with Crippen molar-refractivity contribution in [1.82, 2.24) is 20.1 Å². The Hall–Kier alpha value is -5.27. The first kappa shape index (κ1) is 43.8. The molecule has 0 bridgehead atoms. The van der Waals surface area contributed by atoms with E-state index >= 15 is 0 Å². The van der Waals surface area contributed by atoms with Crippen molar-refractivity contribution in [3.63, 3.8) is 0 Å². The quantitative estimate of drug-likeness (QED) is 0.0863. The van der Waals surface area contributed by atoms with E-state index in [0.717, 1.165) is 76.9 Å². The number of hydrogen-bond donors (Lipinski definition) is 4. The van der Waals surface area contributed by atoms with Gasteiger partial charge in [-0.3, -0.25) is 14.9 Å². The minimum atomic E-state index is -2.24. The third kappa shape index (κ3) is 10.1. The number of carbonyl (C=O) groups is 2. The number of likely N-dealkylation sites (tertiary alicyclic amines) is 1. The smallest absolute Gasteiger partial charge is 0.411 e. The molecule has 3 heterocycles. The van der Waals surface area contributed by atoms with Gasteiger partial charge in [-0.1, -0.05) is 101 Å². The summed E-state index contributed by atoms with van der Waals surface area (Å²) in [6.07, 6.45) is 0.541. The molecule has 0 radical (unpaired) electrons. The van der Waals surface area contributed by atoms with Crippen molar-refractivity contribution in [3.8, 4) is 16.9 Å². The summed E-state index contributed by atoms with van der Waals surface area (Å²) in [5.74, 6) is 0.0789. The fraction of sp³-hybridized carbons (Fsp3) is 0.408. The number of phenols is 1. The van der Waals surface area contributed by atoms with Crippen molar-refractivity contribution < 1.29 is 23.9 Å². The molecule has 2 aliphatic heterocycles. The van der Waals surface area contributed by atoms with Crippen LogP contribution in [0.5, 0.6) is 5.75 Å². The number of nitrogens with one attached hydrogen (secondary N) is 3. The van der Waals surface area contributed by atoms with Gasteiger partial charge in [0.2, 0.25) is 5.56 Å². The number of piperidine rings is 1. The molecule has 322 valence electrons. The van der Waals surface area contributed by atoms with Crippen LogP contribution >= 0.6 is 0 Å². The lowest BCUT2D eigenvalue weighted by Gasteiger charge is -2.41. The molecule has 61 heavy (non-hydrogen) atoms. The molecule has 1 aromatic heterocycles. The summed E-state index contributed by atoms with van der Waals surface area (Å²) in [6.45, 7) is 20.2. The number of aromatic nitrogens is 1. The zero-order chi connectivity index (χ0) is 43.5. The number of nitrogens with zero attached hydrogens (tertiary/aromatic N) is 2. The summed E-state index contributed by atoms with van der Waals surface area (Å²) >= 11 is 0. The molecule has 11 nitrogen and oxygen atoms in total. The fourth-order valence-electron chi connectivity index (χ4n) is 8.33. The summed E-state index contributed by atoms with van der Waals surface area (Å²) in [5.41, 5.74) is 6.36. The SMILES string of the molecule is CC1(C)CN(CCN2CCC(OC(=O)Nc3ccccc3-c3ccccc3)CC2)C(=O)c2ccc(CNC[C@H](O[Si](C)(C)C(C)(C)C)c3ccc(O)c4[nH]c(=O)ccc34)cc21. The van der Waals surface area contributed by atoms with E-state index in [-0.39, 0.29) is 39.9 Å². The fourth-order valence-corrected chi connectivity index (χ4v) is 9.61. The summed E-state index contributed by atoms with van der Waals surface area (Å²) in [7, 11) is -2.24. The van der Waals surface area contributed by atoms with Crippen LogP contribution in [0.4, 0.5) is 10.5 Å². The van der Waals surface area contributed by atoms with Crippen LogP contribution in [0, 0.1) is 0 Å². The maximum Gasteiger partial charge on any atom is 0.411 e. The number of aromatic hydroxyl groups is 1. The number of rotatable bonds is 13. The first-order valence-corrected chi connectivity index (χ1v) is 24.4. The monoisotopic (exact) mass is 843 g/mol. The number of para-hydroxylation sites is 1. The zero-order valence-corrected chi connectivity index (χ0v) is 37.6. The van der Waals surface area contributed by atoms with Gasteiger partial charge in [-0.15, -0.1) is 0 Å². The van der Waals surface area contributed by atoms with E-state index in [4.69, 9.17) is 9.16 Å². The van der Waals surface area contributed by atoms with Crippen LogP contribution in [0.2, 0.25) is 18.1 Å². The molecule has 4 aromatic carbocycles. The Kier molecular flexibility index (Phi) is 12.9. The van der Waals surface area contributed by atoms with E-state index in [1.807, 2.05) is 77.7 Å². The number of ether oxygens (including phenoxy) is 1. The van der Waals surface area contributed by atoms with Gasteiger partial charge in [-0.25, -0.2) is 4.79 Å². The topological polar surface area (TPSA) is 136 Å². The molecule has 1 saturated heterocycles. The van der Waals surface area contributed by atoms with Crippen LogP contribution in [0.25, 0.3) is 22.0 Å². The number of H-pyrrole nitrogens is 1. The average Bonchev–Trinajstić information content (AvgIpc) is 3.22. The molecule has 7 rings (SSSR count). The molecule has 0 spiro atoms. The van der Waals surface area contributed by atoms with Crippen LogP contribution < -0.4 is 16.2 Å². The second kappa shape index (κ2) is 18.0. The summed E-state index contributed by atoms with van der Waals surface area (Å²) in [4.78, 5) is 46.2. The molecule has 1 fully saturated rings. The number of carbonyl (C=O) groups excluding carboxylic acids is 2. The van der Waals surface area contributed by atoms with E-state index < -0.39 is 14.4 Å². The van der Waals surface area contributed by atoms with Gasteiger partial charge in [-0.2, -0.15) is 0 Å². The van der Waals surface area contributed by atoms with Gasteiger partial charge in [0, 0.05) is 73.8 Å². The third-order valence-corrected chi connectivity index (χ3v) is 17.3. The number of amides is 2. The van der Waals surface area contributed by atoms with E-state index in [1.165, 1.54) is 6.07 Å². The number of phenolic OH excluding ortho intramolecular Hbond substituents is 1. The standard InChI is InChI=1S/C49H61N5O6Si/c1-48(2,3)61(6,7)60-43(37-19-21-42(55)45-38(37)20-22-44(56)52-45)31-50-30-33-17-18-39-40(29-33)49(4,5)32-54(46(39)57)28-27-53-25-23-35(24-26-53)59-47(58)51-41-16-12-11-15-36(41)34-13-9-8-10-14-34/h8-22,29,35,43,50,55H,23-28,30-32H2,1-7H3,(H,51,58)(H,52,56)/t43-/m0/s1. The highest BCUT2D eigenvalue weighted by atomic mass is 28.4. The first-order chi connectivity index (χ1) is 29.0. The summed E-state index contributed by atoms with van der Waals surface area (Å²) < 4.78 is 12.9. The summed E-state index contributed by atoms with van der Waals surface area (Å²) in [6, 6.07) is 30.6. The van der Waals surface area contributed by atoms with Gasteiger partial charge in [0.25, 0.3) is 5.91 Å². The Morgan fingerprint density at radius 2 is 1.64 bits per heavy atom. The Morgan fingerprint density at radius 3 is 2.38 bits per heavy atom. The van der Waals surface area contributed by atoms with Crippen molar-refractivity contribution >= 4 is 36.9 Å². The normalized spacial score (nSPS) is 16.6. The molecule has 0 aliphatic carbocycles. The molecule has 1 atom stereocenters. The number of benzene rings is 4. The molecule has 4 N–H and O–H groups in total. The van der Waals surface area contributed by atoms with E-state index in [0.29, 0.717) is 31.7 Å². The Balaban J connectivity index is 0.936. The highest BCUT2D eigenvalue weighted by Gasteiger charge is 2.40. The van der Waals surface area contributed by atoms with Crippen molar-refractivity contribution in [3.05, 3.63) is 130 Å². The van der Waals surface area contributed by atoms with Gasteiger partial charge in [0.05, 0.1) is 17.3 Å². The minimum Gasteiger partial charge on any atom is -0.506 e. The number of aromatic amines is 1. The third-order valence-electron chi connectivity index (χ3n) is 12.8. The second-order valence-electron chi connectivity index (χ2n) is 18.8. The van der Waals surface area contributed by atoms with Gasteiger partial charge in [-0.05, 0) is 77.5 Å². The average molecular weight is 844 g/mol. The summed E-state index contributed by atoms with van der Waals surface area (Å²) in [5, 5.41) is 17.9. The Morgan fingerprint density at radius 1 is 0.918 bits per heavy atom. The van der Waals surface area contributed by atoms with Crippen molar-refractivity contribution in [1.29, 1.82) is 0 Å². The Labute approximate surface area is 360 Å². The van der Waals surface area contributed by atoms with Crippen molar-refractivity contribution in [2.24, 2.45) is 0 Å². The maximum atomic E-state index is 13.9. The molecule has 0 unspecified atom stereocenters. The number of anilines is 1. The highest BCUT2D eigenvalue weighted by Crippen LogP contribution is 2.41. The van der Waals surface area contributed by atoms with Crippen molar-refractivity contribution in [2.45, 2.75) is 89.8 Å². The zero-order valence-electron chi connectivity index (χ0n) is 36.6. The lowest BCUT2D eigenvalue weighted by atomic mass is 9.77. The van der Waals surface area contributed by atoms with Crippen LogP contribution in [0.3, 0.4) is 0 Å². The number of fused-ring (bicyclic) bond motifs is 2. The molecule has 5 aromatic rings.